The van der Waals surface area contributed by atoms with Crippen molar-refractivity contribution in [3.63, 3.8) is 0 Å². The monoisotopic (exact) mass is 307 g/mol. The van der Waals surface area contributed by atoms with Gasteiger partial charge >= 0.3 is 5.69 Å². The van der Waals surface area contributed by atoms with E-state index in [4.69, 9.17) is 16.3 Å². The molecule has 0 aliphatic heterocycles. The van der Waals surface area contributed by atoms with Crippen molar-refractivity contribution >= 4 is 23.0 Å². The van der Waals surface area contributed by atoms with Gasteiger partial charge in [0.25, 0.3) is 0 Å². The van der Waals surface area contributed by atoms with Crippen LogP contribution < -0.4 is 10.1 Å². The Morgan fingerprint density at radius 2 is 2.24 bits per heavy atom. The Balaban J connectivity index is 2.16. The predicted molar refractivity (Wildman–Crippen MR) is 80.8 cm³/mol. The smallest absolute Gasteiger partial charge is 0.312 e. The number of para-hydroxylation sites is 1. The van der Waals surface area contributed by atoms with Crippen molar-refractivity contribution < 1.29 is 9.66 Å². The van der Waals surface area contributed by atoms with Crippen LogP contribution in [0.1, 0.15) is 12.6 Å². The van der Waals surface area contributed by atoms with Crippen LogP contribution in [0.4, 0.5) is 11.4 Å². The van der Waals surface area contributed by atoms with Crippen LogP contribution in [0, 0.1) is 10.1 Å². The second-order valence-electron chi connectivity index (χ2n) is 4.20. The zero-order valence-electron chi connectivity index (χ0n) is 11.4. The summed E-state index contributed by atoms with van der Waals surface area (Å²) >= 11 is 5.96. The van der Waals surface area contributed by atoms with E-state index < -0.39 is 4.92 Å². The van der Waals surface area contributed by atoms with Gasteiger partial charge in [0.2, 0.25) is 5.75 Å². The Morgan fingerprint density at radius 3 is 2.95 bits per heavy atom. The molecule has 7 heteroatoms. The minimum Gasteiger partial charge on any atom is -0.479 e. The fraction of sp³-hybridized carbons (Fsp3) is 0.214. The quantitative estimate of drug-likeness (QED) is 0.651. The molecule has 0 amide bonds. The molecule has 6 nitrogen and oxygen atoms in total. The number of halogens is 1. The van der Waals surface area contributed by atoms with Crippen molar-refractivity contribution in [3.8, 4) is 5.75 Å². The van der Waals surface area contributed by atoms with Crippen LogP contribution in [-0.2, 0) is 6.61 Å². The standard InChI is InChI=1S/C14H14ClN3O3/c1-2-16-10-6-7-17-11(8-10)9-21-14-12(15)4-3-5-13(14)18(19)20/h3-8H,2,9H2,1H3,(H,16,17). The molecule has 0 aliphatic rings. The molecule has 21 heavy (non-hydrogen) atoms. The Morgan fingerprint density at radius 1 is 1.43 bits per heavy atom. The van der Waals surface area contributed by atoms with Crippen LogP contribution in [0.15, 0.2) is 36.5 Å². The van der Waals surface area contributed by atoms with E-state index in [-0.39, 0.29) is 23.1 Å². The van der Waals surface area contributed by atoms with E-state index in [2.05, 4.69) is 10.3 Å². The van der Waals surface area contributed by atoms with E-state index in [0.717, 1.165) is 12.2 Å². The third-order valence-electron chi connectivity index (χ3n) is 2.70. The Labute approximate surface area is 126 Å². The molecule has 0 saturated heterocycles. The van der Waals surface area contributed by atoms with Crippen molar-refractivity contribution in [1.82, 2.24) is 4.98 Å². The van der Waals surface area contributed by atoms with Gasteiger partial charge in [-0.2, -0.15) is 0 Å². The highest BCUT2D eigenvalue weighted by molar-refractivity contribution is 6.32. The van der Waals surface area contributed by atoms with Gasteiger partial charge in [0.15, 0.2) is 0 Å². The summed E-state index contributed by atoms with van der Waals surface area (Å²) < 4.78 is 5.48. The van der Waals surface area contributed by atoms with Gasteiger partial charge in [-0.05, 0) is 25.1 Å². The molecule has 2 rings (SSSR count). The zero-order chi connectivity index (χ0) is 15.2. The summed E-state index contributed by atoms with van der Waals surface area (Å²) in [5, 5.41) is 14.3. The summed E-state index contributed by atoms with van der Waals surface area (Å²) in [5.41, 5.74) is 1.41. The molecule has 1 aromatic carbocycles. The molecular formula is C14H14ClN3O3. The van der Waals surface area contributed by atoms with Gasteiger partial charge in [-0.25, -0.2) is 0 Å². The van der Waals surface area contributed by atoms with Crippen molar-refractivity contribution in [1.29, 1.82) is 0 Å². The first-order valence-corrected chi connectivity index (χ1v) is 6.74. The fourth-order valence-electron chi connectivity index (χ4n) is 1.80. The van der Waals surface area contributed by atoms with E-state index in [1.54, 1.807) is 12.3 Å². The third-order valence-corrected chi connectivity index (χ3v) is 3.00. The normalized spacial score (nSPS) is 10.2. The van der Waals surface area contributed by atoms with Crippen LogP contribution >= 0.6 is 11.6 Å². The lowest BCUT2D eigenvalue weighted by atomic mass is 10.3. The SMILES string of the molecule is CCNc1ccnc(COc2c(Cl)cccc2[N+](=O)[O-])c1. The third kappa shape index (κ3) is 3.82. The van der Waals surface area contributed by atoms with E-state index >= 15 is 0 Å². The number of hydrogen-bond donors (Lipinski definition) is 1. The van der Waals surface area contributed by atoms with Gasteiger partial charge in [-0.15, -0.1) is 0 Å². The average molecular weight is 308 g/mol. The molecule has 0 unspecified atom stereocenters. The maximum absolute atomic E-state index is 11.0. The van der Waals surface area contributed by atoms with Gasteiger partial charge in [-0.1, -0.05) is 17.7 Å². The largest absolute Gasteiger partial charge is 0.479 e. The number of nitro benzene ring substituents is 1. The molecule has 110 valence electrons. The Hall–Kier alpha value is -2.34. The molecule has 0 saturated carbocycles. The predicted octanol–water partition coefficient (Wildman–Crippen LogP) is 3.65. The molecular weight excluding hydrogens is 294 g/mol. The molecule has 2 aromatic rings. The maximum atomic E-state index is 11.0. The lowest BCUT2D eigenvalue weighted by Crippen LogP contribution is -2.03. The highest BCUT2D eigenvalue weighted by atomic mass is 35.5. The average Bonchev–Trinajstić information content (AvgIpc) is 2.46. The fourth-order valence-corrected chi connectivity index (χ4v) is 2.03. The van der Waals surface area contributed by atoms with E-state index in [9.17, 15) is 10.1 Å². The first-order chi connectivity index (χ1) is 10.1. The molecule has 0 bridgehead atoms. The number of pyridine rings is 1. The number of hydrogen-bond acceptors (Lipinski definition) is 5. The van der Waals surface area contributed by atoms with Gasteiger partial charge in [0.1, 0.15) is 6.61 Å². The van der Waals surface area contributed by atoms with E-state index in [1.807, 2.05) is 19.1 Å². The first kappa shape index (κ1) is 15.1. The molecule has 1 heterocycles. The van der Waals surface area contributed by atoms with E-state index in [0.29, 0.717) is 5.69 Å². The van der Waals surface area contributed by atoms with Crippen molar-refractivity contribution in [2.24, 2.45) is 0 Å². The van der Waals surface area contributed by atoms with Crippen molar-refractivity contribution in [2.75, 3.05) is 11.9 Å². The topological polar surface area (TPSA) is 77.3 Å². The summed E-state index contributed by atoms with van der Waals surface area (Å²) in [6.07, 6.45) is 1.65. The van der Waals surface area contributed by atoms with Crippen LogP contribution in [0.2, 0.25) is 5.02 Å². The second kappa shape index (κ2) is 6.90. The summed E-state index contributed by atoms with van der Waals surface area (Å²) in [6.45, 7) is 2.88. The van der Waals surface area contributed by atoms with Crippen LogP contribution in [0.5, 0.6) is 5.75 Å². The molecule has 0 radical (unpaired) electrons. The lowest BCUT2D eigenvalue weighted by Gasteiger charge is -2.09. The lowest BCUT2D eigenvalue weighted by molar-refractivity contribution is -0.385. The van der Waals surface area contributed by atoms with Crippen LogP contribution in [-0.4, -0.2) is 16.5 Å². The van der Waals surface area contributed by atoms with Gasteiger partial charge in [-0.3, -0.25) is 15.1 Å². The van der Waals surface area contributed by atoms with Crippen molar-refractivity contribution in [3.05, 3.63) is 57.4 Å². The highest BCUT2D eigenvalue weighted by Crippen LogP contribution is 2.34. The number of nitrogens with one attached hydrogen (secondary N) is 1. The van der Waals surface area contributed by atoms with Gasteiger partial charge in [0.05, 0.1) is 15.6 Å². The summed E-state index contributed by atoms with van der Waals surface area (Å²) in [5.74, 6) is 0.0554. The van der Waals surface area contributed by atoms with E-state index in [1.165, 1.54) is 12.1 Å². The molecule has 0 spiro atoms. The number of nitro groups is 1. The number of anilines is 1. The number of benzene rings is 1. The molecule has 1 aromatic heterocycles. The molecule has 0 fully saturated rings. The van der Waals surface area contributed by atoms with Gasteiger partial charge < -0.3 is 10.1 Å². The molecule has 0 atom stereocenters. The highest BCUT2D eigenvalue weighted by Gasteiger charge is 2.18. The molecule has 1 N–H and O–H groups in total. The number of nitrogens with zero attached hydrogens (tertiary/aromatic N) is 2. The Bertz CT molecular complexity index is 649. The second-order valence-corrected chi connectivity index (χ2v) is 4.61. The summed E-state index contributed by atoms with van der Waals surface area (Å²) in [6, 6.07) is 8.07. The molecule has 0 aliphatic carbocycles. The summed E-state index contributed by atoms with van der Waals surface area (Å²) in [4.78, 5) is 14.6. The first-order valence-electron chi connectivity index (χ1n) is 6.36. The zero-order valence-corrected chi connectivity index (χ0v) is 12.1. The van der Waals surface area contributed by atoms with Crippen LogP contribution in [0.25, 0.3) is 0 Å². The minimum absolute atomic E-state index is 0.0554. The minimum atomic E-state index is -0.524. The number of rotatable bonds is 6. The van der Waals surface area contributed by atoms with Gasteiger partial charge in [0, 0.05) is 24.5 Å². The Kier molecular flexibility index (Phi) is 4.94. The maximum Gasteiger partial charge on any atom is 0.312 e. The number of ether oxygens (including phenoxy) is 1. The van der Waals surface area contributed by atoms with Crippen LogP contribution in [0.3, 0.4) is 0 Å². The summed E-state index contributed by atoms with van der Waals surface area (Å²) in [7, 11) is 0. The van der Waals surface area contributed by atoms with Crippen molar-refractivity contribution in [2.45, 2.75) is 13.5 Å². The number of aromatic nitrogens is 1.